The van der Waals surface area contributed by atoms with Crippen LogP contribution in [0, 0.1) is 6.92 Å². The molecule has 6 rings (SSSR count). The molecule has 5 nitrogen and oxygen atoms in total. The van der Waals surface area contributed by atoms with Crippen molar-refractivity contribution in [2.45, 2.75) is 19.1 Å². The molecule has 0 fully saturated rings. The fraction of sp³-hybridized carbons (Fsp3) is 0.120. The average Bonchev–Trinajstić information content (AvgIpc) is 3.26. The average molecular weight is 427 g/mol. The number of benzene rings is 3. The predicted octanol–water partition coefficient (Wildman–Crippen LogP) is 5.80. The first-order chi connectivity index (χ1) is 15.2. The molecule has 152 valence electrons. The molecule has 1 aromatic heterocycles. The highest BCUT2D eigenvalue weighted by molar-refractivity contribution is 6.30. The fourth-order valence-electron chi connectivity index (χ4n) is 4.43. The van der Waals surface area contributed by atoms with Crippen LogP contribution in [-0.4, -0.2) is 14.8 Å². The lowest BCUT2D eigenvalue weighted by Crippen LogP contribution is -2.32. The van der Waals surface area contributed by atoms with Crippen LogP contribution in [0.15, 0.2) is 84.7 Å². The zero-order chi connectivity index (χ0) is 20.9. The minimum absolute atomic E-state index is 0.160. The Morgan fingerprint density at radius 3 is 2.65 bits per heavy atom. The number of rotatable bonds is 2. The van der Waals surface area contributed by atoms with Crippen LogP contribution in [-0.2, 0) is 0 Å². The Bertz CT molecular complexity index is 1330. The lowest BCUT2D eigenvalue weighted by atomic mass is 9.84. The highest BCUT2D eigenvalue weighted by Gasteiger charge is 2.40. The summed E-state index contributed by atoms with van der Waals surface area (Å²) in [6, 6.07) is 24.3. The Labute approximate surface area is 185 Å². The van der Waals surface area contributed by atoms with Gasteiger partial charge in [0.2, 0.25) is 5.95 Å². The van der Waals surface area contributed by atoms with E-state index in [4.69, 9.17) is 16.3 Å². The molecular weight excluding hydrogens is 408 g/mol. The molecule has 0 saturated carbocycles. The molecule has 0 saturated heterocycles. The Morgan fingerprint density at radius 2 is 1.81 bits per heavy atom. The molecule has 0 amide bonds. The summed E-state index contributed by atoms with van der Waals surface area (Å²) in [4.78, 5) is 4.47. The van der Waals surface area contributed by atoms with Crippen molar-refractivity contribution in [3.63, 3.8) is 0 Å². The van der Waals surface area contributed by atoms with Crippen LogP contribution in [0.5, 0.6) is 5.75 Å². The number of para-hydroxylation sites is 1. The van der Waals surface area contributed by atoms with Crippen LogP contribution in [0.3, 0.4) is 0 Å². The van der Waals surface area contributed by atoms with Gasteiger partial charge in [0.1, 0.15) is 24.2 Å². The molecule has 0 unspecified atom stereocenters. The SMILES string of the molecule is Cc1ccc([C@@H]2C3=C(Nc4ncnn42)c2ccccc2O[C@@H]3c2cccc(Cl)c2)cc1. The van der Waals surface area contributed by atoms with Crippen LogP contribution < -0.4 is 10.1 Å². The molecule has 2 aliphatic heterocycles. The van der Waals surface area contributed by atoms with E-state index in [0.717, 1.165) is 33.7 Å². The lowest BCUT2D eigenvalue weighted by molar-refractivity contribution is 0.223. The van der Waals surface area contributed by atoms with Crippen molar-refractivity contribution >= 4 is 23.2 Å². The quantitative estimate of drug-likeness (QED) is 0.440. The Hall–Kier alpha value is -3.57. The van der Waals surface area contributed by atoms with Gasteiger partial charge in [-0.15, -0.1) is 0 Å². The second-order valence-electron chi connectivity index (χ2n) is 7.85. The Kier molecular flexibility index (Phi) is 4.11. The van der Waals surface area contributed by atoms with Gasteiger partial charge in [-0.05, 0) is 42.3 Å². The summed E-state index contributed by atoms with van der Waals surface area (Å²) < 4.78 is 8.52. The molecule has 31 heavy (non-hydrogen) atoms. The molecule has 0 bridgehead atoms. The standard InChI is InChI=1S/C25H19ClN4O/c1-15-9-11-16(12-10-15)23-21-22(29-25-27-14-28-30(23)25)19-7-2-3-8-20(19)31-24(21)17-5-4-6-18(26)13-17/h2-14,23-24H,1H3,(H,27,28,29)/t23-,24-/m1/s1. The smallest absolute Gasteiger partial charge is 0.226 e. The highest BCUT2D eigenvalue weighted by atomic mass is 35.5. The second kappa shape index (κ2) is 7.00. The normalized spacial score (nSPS) is 19.0. The maximum Gasteiger partial charge on any atom is 0.226 e. The van der Waals surface area contributed by atoms with E-state index in [0.29, 0.717) is 11.0 Å². The number of aryl methyl sites for hydroxylation is 1. The summed E-state index contributed by atoms with van der Waals surface area (Å²) in [7, 11) is 0. The van der Waals surface area contributed by atoms with E-state index in [-0.39, 0.29) is 12.1 Å². The zero-order valence-corrected chi connectivity index (χ0v) is 17.5. The maximum atomic E-state index is 6.59. The van der Waals surface area contributed by atoms with Crippen molar-refractivity contribution < 1.29 is 4.74 Å². The van der Waals surface area contributed by atoms with E-state index < -0.39 is 0 Å². The number of ether oxygens (including phenoxy) is 1. The number of fused-ring (bicyclic) bond motifs is 3. The summed E-state index contributed by atoms with van der Waals surface area (Å²) in [5, 5.41) is 8.75. The van der Waals surface area contributed by atoms with Crippen LogP contribution in [0.1, 0.15) is 34.4 Å². The molecular formula is C25H19ClN4O. The predicted molar refractivity (Wildman–Crippen MR) is 121 cm³/mol. The number of halogens is 1. The minimum atomic E-state index is -0.320. The molecule has 3 aromatic carbocycles. The summed E-state index contributed by atoms with van der Waals surface area (Å²) in [6.45, 7) is 2.09. The first-order valence-electron chi connectivity index (χ1n) is 10.2. The number of nitrogens with one attached hydrogen (secondary N) is 1. The van der Waals surface area contributed by atoms with Crippen molar-refractivity contribution in [2.24, 2.45) is 0 Å². The van der Waals surface area contributed by atoms with Crippen LogP contribution in [0.4, 0.5) is 5.95 Å². The minimum Gasteiger partial charge on any atom is -0.480 e. The van der Waals surface area contributed by atoms with Gasteiger partial charge in [0.05, 0.1) is 5.70 Å². The number of aromatic nitrogens is 3. The van der Waals surface area contributed by atoms with E-state index in [1.165, 1.54) is 5.56 Å². The van der Waals surface area contributed by atoms with E-state index in [9.17, 15) is 0 Å². The van der Waals surface area contributed by atoms with Gasteiger partial charge in [0.15, 0.2) is 0 Å². The molecule has 0 spiro atoms. The molecule has 2 aliphatic rings. The maximum absolute atomic E-state index is 6.59. The van der Waals surface area contributed by atoms with Crippen molar-refractivity contribution in [3.8, 4) is 5.75 Å². The van der Waals surface area contributed by atoms with Gasteiger partial charge < -0.3 is 10.1 Å². The van der Waals surface area contributed by atoms with Gasteiger partial charge >= 0.3 is 0 Å². The number of hydrogen-bond donors (Lipinski definition) is 1. The highest BCUT2D eigenvalue weighted by Crippen LogP contribution is 2.50. The summed E-state index contributed by atoms with van der Waals surface area (Å²) in [6.07, 6.45) is 1.27. The van der Waals surface area contributed by atoms with Crippen LogP contribution in [0.2, 0.25) is 5.02 Å². The second-order valence-corrected chi connectivity index (χ2v) is 8.28. The van der Waals surface area contributed by atoms with Crippen LogP contribution in [0.25, 0.3) is 5.70 Å². The monoisotopic (exact) mass is 426 g/mol. The van der Waals surface area contributed by atoms with E-state index in [2.05, 4.69) is 58.7 Å². The van der Waals surface area contributed by atoms with Gasteiger partial charge in [-0.1, -0.05) is 65.7 Å². The van der Waals surface area contributed by atoms with Crippen molar-refractivity contribution in [3.05, 3.63) is 112 Å². The van der Waals surface area contributed by atoms with E-state index >= 15 is 0 Å². The summed E-state index contributed by atoms with van der Waals surface area (Å²) >= 11 is 6.36. The van der Waals surface area contributed by atoms with Gasteiger partial charge in [0, 0.05) is 16.2 Å². The zero-order valence-electron chi connectivity index (χ0n) is 16.8. The van der Waals surface area contributed by atoms with Gasteiger partial charge in [-0.3, -0.25) is 0 Å². The number of nitrogens with zero attached hydrogens (tertiary/aromatic N) is 3. The van der Waals surface area contributed by atoms with Crippen molar-refractivity contribution in [2.75, 3.05) is 5.32 Å². The number of hydrogen-bond acceptors (Lipinski definition) is 4. The molecule has 3 heterocycles. The Morgan fingerprint density at radius 1 is 0.968 bits per heavy atom. The first-order valence-corrected chi connectivity index (χ1v) is 10.6. The molecule has 4 aromatic rings. The van der Waals surface area contributed by atoms with Gasteiger partial charge in [0.25, 0.3) is 0 Å². The third kappa shape index (κ3) is 2.93. The third-order valence-corrected chi connectivity index (χ3v) is 6.10. The third-order valence-electron chi connectivity index (χ3n) is 5.87. The largest absolute Gasteiger partial charge is 0.480 e. The lowest BCUT2D eigenvalue weighted by Gasteiger charge is -2.39. The summed E-state index contributed by atoms with van der Waals surface area (Å²) in [5.41, 5.74) is 6.45. The van der Waals surface area contributed by atoms with Gasteiger partial charge in [-0.2, -0.15) is 10.1 Å². The fourth-order valence-corrected chi connectivity index (χ4v) is 4.63. The van der Waals surface area contributed by atoms with Crippen molar-refractivity contribution in [1.82, 2.24) is 14.8 Å². The molecule has 0 radical (unpaired) electrons. The van der Waals surface area contributed by atoms with Crippen LogP contribution >= 0.6 is 11.6 Å². The summed E-state index contributed by atoms with van der Waals surface area (Å²) in [5.74, 6) is 1.54. The van der Waals surface area contributed by atoms with E-state index in [1.807, 2.05) is 41.1 Å². The molecule has 1 N–H and O–H groups in total. The van der Waals surface area contributed by atoms with Gasteiger partial charge in [-0.25, -0.2) is 4.68 Å². The topological polar surface area (TPSA) is 52.0 Å². The van der Waals surface area contributed by atoms with E-state index in [1.54, 1.807) is 6.33 Å². The Balaban J connectivity index is 1.63. The molecule has 0 aliphatic carbocycles. The number of anilines is 1. The van der Waals surface area contributed by atoms with Crippen molar-refractivity contribution in [1.29, 1.82) is 0 Å². The molecule has 2 atom stereocenters. The first kappa shape index (κ1) is 18.2. The molecule has 6 heteroatoms.